The highest BCUT2D eigenvalue weighted by atomic mass is 16.2. The number of Topliss-reactive ketones (excluding diaryl/α,β-unsaturated/α-hetero) is 1. The maximum atomic E-state index is 16.3. The summed E-state index contributed by atoms with van der Waals surface area (Å²) in [5.41, 5.74) is 3.78. The SMILES string of the molecule is Cc1ccccc1/C=C1\CN(C(=O)[C@H]2C[C@H]3CCCN3[C@]23C(=O)Nc2ccccc23)C[C@]2(C1=O)[C@H](c1ccccc1C)[C@H]1CCCN1C21C(=O)Nc2ccccc21. The van der Waals surface area contributed by atoms with E-state index < -0.39 is 28.3 Å². The van der Waals surface area contributed by atoms with Gasteiger partial charge in [-0.15, -0.1) is 0 Å². The standard InChI is InChI=1S/C48H47N5O4/c1-29-13-3-5-15-31(29)25-32-27-51(43(55)37-26-33-16-11-23-52(33)47(37)35-18-7-9-20-38(35)49-44(47)56)28-46(42(32)54)41(34-17-6-4-14-30(34)2)40-22-12-24-53(40)48(46)36-19-8-10-21-39(36)50-45(48)57/h3-10,13-15,17-21,25,33,37,40-41H,11-12,16,22-24,26-28H2,1-2H3,(H,49,56)(H,50,57)/b32-25+/t33-,37-,40-,41-,46-,47+,48?/m1/s1. The number of hydrogen-bond donors (Lipinski definition) is 2. The van der Waals surface area contributed by atoms with E-state index in [0.29, 0.717) is 24.2 Å². The zero-order valence-electron chi connectivity index (χ0n) is 32.5. The van der Waals surface area contributed by atoms with Gasteiger partial charge in [0.25, 0.3) is 5.91 Å². The summed E-state index contributed by atoms with van der Waals surface area (Å²) in [4.78, 5) is 68.8. The molecule has 288 valence electrons. The van der Waals surface area contributed by atoms with Gasteiger partial charge in [0.2, 0.25) is 11.8 Å². The van der Waals surface area contributed by atoms with Crippen molar-refractivity contribution in [2.75, 3.05) is 36.8 Å². The summed E-state index contributed by atoms with van der Waals surface area (Å²) < 4.78 is 0. The van der Waals surface area contributed by atoms with Gasteiger partial charge >= 0.3 is 0 Å². The number of benzene rings is 4. The first-order valence-corrected chi connectivity index (χ1v) is 20.7. The van der Waals surface area contributed by atoms with E-state index in [1.807, 2.05) is 103 Å². The van der Waals surface area contributed by atoms with Crippen molar-refractivity contribution in [3.8, 4) is 0 Å². The average molecular weight is 758 g/mol. The van der Waals surface area contributed by atoms with E-state index >= 15 is 14.4 Å². The Morgan fingerprint density at radius 3 is 2.18 bits per heavy atom. The normalized spacial score (nSPS) is 33.3. The maximum Gasteiger partial charge on any atom is 0.250 e. The summed E-state index contributed by atoms with van der Waals surface area (Å²) in [6.07, 6.45) is 6.16. The molecule has 4 aromatic rings. The predicted molar refractivity (Wildman–Crippen MR) is 218 cm³/mol. The van der Waals surface area contributed by atoms with Crippen LogP contribution in [0.2, 0.25) is 0 Å². The lowest BCUT2D eigenvalue weighted by Crippen LogP contribution is -2.67. The number of piperidine rings is 1. The second kappa shape index (κ2) is 12.3. The zero-order chi connectivity index (χ0) is 38.8. The number of carbonyl (C=O) groups is 4. The molecule has 5 saturated heterocycles. The number of fused-ring (bicyclic) bond motifs is 9. The number of ketones is 1. The molecular weight excluding hydrogens is 711 g/mol. The molecule has 0 aromatic heterocycles. The number of amides is 3. The quantitative estimate of drug-likeness (QED) is 0.231. The van der Waals surface area contributed by atoms with Crippen molar-refractivity contribution in [3.63, 3.8) is 0 Å². The van der Waals surface area contributed by atoms with Crippen molar-refractivity contribution >= 4 is 41.0 Å². The van der Waals surface area contributed by atoms with Gasteiger partial charge in [-0.2, -0.15) is 0 Å². The molecule has 9 nitrogen and oxygen atoms in total. The second-order valence-electron chi connectivity index (χ2n) is 17.5. The molecule has 7 aliphatic rings. The van der Waals surface area contributed by atoms with E-state index in [1.165, 1.54) is 0 Å². The minimum atomic E-state index is -1.39. The monoisotopic (exact) mass is 757 g/mol. The smallest absolute Gasteiger partial charge is 0.250 e. The fraction of sp³-hybridized carbons (Fsp3) is 0.375. The Hall–Kier alpha value is -5.38. The van der Waals surface area contributed by atoms with Crippen molar-refractivity contribution in [3.05, 3.63) is 136 Å². The number of para-hydroxylation sites is 2. The number of aryl methyl sites for hydroxylation is 2. The molecule has 57 heavy (non-hydrogen) atoms. The summed E-state index contributed by atoms with van der Waals surface area (Å²) >= 11 is 0. The van der Waals surface area contributed by atoms with Crippen LogP contribution in [0.3, 0.4) is 0 Å². The van der Waals surface area contributed by atoms with Crippen molar-refractivity contribution in [2.45, 2.75) is 75.0 Å². The maximum absolute atomic E-state index is 16.3. The van der Waals surface area contributed by atoms with Gasteiger partial charge in [0, 0.05) is 59.2 Å². The van der Waals surface area contributed by atoms with Gasteiger partial charge in [0.1, 0.15) is 11.1 Å². The predicted octanol–water partition coefficient (Wildman–Crippen LogP) is 6.53. The van der Waals surface area contributed by atoms with Crippen LogP contribution in [0.1, 0.15) is 71.4 Å². The second-order valence-corrected chi connectivity index (χ2v) is 17.5. The number of carbonyl (C=O) groups excluding carboxylic acids is 4. The number of rotatable bonds is 3. The fourth-order valence-electron chi connectivity index (χ4n) is 13.0. The molecule has 0 radical (unpaired) electrons. The van der Waals surface area contributed by atoms with Crippen LogP contribution in [0.25, 0.3) is 6.08 Å². The molecule has 7 heterocycles. The van der Waals surface area contributed by atoms with Crippen LogP contribution < -0.4 is 10.6 Å². The molecule has 4 aromatic carbocycles. The van der Waals surface area contributed by atoms with Crippen LogP contribution in [-0.4, -0.2) is 76.5 Å². The Bertz CT molecular complexity index is 2460. The average Bonchev–Trinajstić information content (AvgIpc) is 4.06. The largest absolute Gasteiger partial charge is 0.337 e. The van der Waals surface area contributed by atoms with E-state index in [4.69, 9.17) is 0 Å². The van der Waals surface area contributed by atoms with Crippen molar-refractivity contribution in [1.29, 1.82) is 0 Å². The van der Waals surface area contributed by atoms with E-state index in [9.17, 15) is 4.79 Å². The van der Waals surface area contributed by atoms with Crippen LogP contribution >= 0.6 is 0 Å². The van der Waals surface area contributed by atoms with Crippen LogP contribution in [0.4, 0.5) is 11.4 Å². The Balaban J connectivity index is 1.17. The Morgan fingerprint density at radius 2 is 1.39 bits per heavy atom. The fourth-order valence-corrected chi connectivity index (χ4v) is 13.0. The lowest BCUT2D eigenvalue weighted by Gasteiger charge is -2.52. The lowest BCUT2D eigenvalue weighted by molar-refractivity contribution is -0.155. The molecule has 0 saturated carbocycles. The summed E-state index contributed by atoms with van der Waals surface area (Å²) in [7, 11) is 0. The molecule has 0 bridgehead atoms. The molecule has 11 rings (SSSR count). The Kier molecular flexibility index (Phi) is 7.52. The Labute approximate surface area is 333 Å². The first kappa shape index (κ1) is 34.8. The van der Waals surface area contributed by atoms with Gasteiger partial charge in [-0.3, -0.25) is 29.0 Å². The van der Waals surface area contributed by atoms with Gasteiger partial charge in [0.15, 0.2) is 5.78 Å². The molecule has 5 fully saturated rings. The van der Waals surface area contributed by atoms with Crippen LogP contribution in [-0.2, 0) is 30.3 Å². The molecule has 7 atom stereocenters. The van der Waals surface area contributed by atoms with E-state index in [-0.39, 0.29) is 48.7 Å². The van der Waals surface area contributed by atoms with Gasteiger partial charge < -0.3 is 15.5 Å². The summed E-state index contributed by atoms with van der Waals surface area (Å²) in [5.74, 6) is -1.62. The zero-order valence-corrected chi connectivity index (χ0v) is 32.5. The van der Waals surface area contributed by atoms with Gasteiger partial charge in [-0.1, -0.05) is 84.9 Å². The third kappa shape index (κ3) is 4.31. The minimum absolute atomic E-state index is 0.0596. The first-order chi connectivity index (χ1) is 27.7. The molecular formula is C48H47N5O4. The van der Waals surface area contributed by atoms with Crippen LogP contribution in [0, 0.1) is 25.2 Å². The summed E-state index contributed by atoms with van der Waals surface area (Å²) in [6, 6.07) is 32.0. The van der Waals surface area contributed by atoms with Crippen molar-refractivity contribution in [2.24, 2.45) is 11.3 Å². The number of likely N-dealkylation sites (tertiary alicyclic amines) is 1. The van der Waals surface area contributed by atoms with Gasteiger partial charge in [-0.25, -0.2) is 0 Å². The summed E-state index contributed by atoms with van der Waals surface area (Å²) in [5, 5.41) is 6.44. The van der Waals surface area contributed by atoms with Crippen molar-refractivity contribution < 1.29 is 19.2 Å². The third-order valence-electron chi connectivity index (χ3n) is 15.1. The van der Waals surface area contributed by atoms with E-state index in [0.717, 1.165) is 71.3 Å². The van der Waals surface area contributed by atoms with Gasteiger partial charge in [0.05, 0.1) is 11.3 Å². The number of anilines is 2. The first-order valence-electron chi connectivity index (χ1n) is 20.7. The van der Waals surface area contributed by atoms with Gasteiger partial charge in [-0.05, 0) is 99.5 Å². The molecule has 2 N–H and O–H groups in total. The summed E-state index contributed by atoms with van der Waals surface area (Å²) in [6.45, 7) is 5.69. The van der Waals surface area contributed by atoms with E-state index in [1.54, 1.807) is 0 Å². The molecule has 3 spiro atoms. The third-order valence-corrected chi connectivity index (χ3v) is 15.1. The Morgan fingerprint density at radius 1 is 0.737 bits per heavy atom. The number of nitrogens with zero attached hydrogens (tertiary/aromatic N) is 3. The highest BCUT2D eigenvalue weighted by Crippen LogP contribution is 2.69. The minimum Gasteiger partial charge on any atom is -0.337 e. The van der Waals surface area contributed by atoms with Crippen molar-refractivity contribution in [1.82, 2.24) is 14.7 Å². The topological polar surface area (TPSA) is 102 Å². The lowest BCUT2D eigenvalue weighted by atomic mass is 9.54. The molecule has 9 heteroatoms. The van der Waals surface area contributed by atoms with Crippen LogP contribution in [0.15, 0.2) is 103 Å². The molecule has 7 aliphatic heterocycles. The number of hydrogen-bond acceptors (Lipinski definition) is 6. The molecule has 3 amide bonds. The highest BCUT2D eigenvalue weighted by Gasteiger charge is 2.79. The highest BCUT2D eigenvalue weighted by molar-refractivity contribution is 6.17. The molecule has 1 unspecified atom stereocenters. The number of nitrogens with one attached hydrogen (secondary N) is 2. The van der Waals surface area contributed by atoms with Crippen LogP contribution in [0.5, 0.6) is 0 Å². The van der Waals surface area contributed by atoms with E-state index in [2.05, 4.69) is 39.5 Å². The molecule has 0 aliphatic carbocycles.